The van der Waals surface area contributed by atoms with E-state index < -0.39 is 6.10 Å². The van der Waals surface area contributed by atoms with Crippen molar-refractivity contribution in [3.05, 3.63) is 28.8 Å². The van der Waals surface area contributed by atoms with Crippen molar-refractivity contribution in [3.63, 3.8) is 0 Å². The molecule has 1 atom stereocenters. The molecule has 0 saturated carbocycles. The highest BCUT2D eigenvalue weighted by Gasteiger charge is 2.13. The topological polar surface area (TPSA) is 99.1 Å². The maximum Gasteiger partial charge on any atom is 0.172 e. The van der Waals surface area contributed by atoms with Gasteiger partial charge in [0.2, 0.25) is 0 Å². The Kier molecular flexibility index (Phi) is 5.57. The van der Waals surface area contributed by atoms with Gasteiger partial charge in [-0.2, -0.15) is 0 Å². The molecule has 0 aromatic heterocycles. The summed E-state index contributed by atoms with van der Waals surface area (Å²) in [7, 11) is 0. The number of aliphatic hydroxyl groups excluding tert-OH is 2. The molecular weight excluding hydrogens is 264 g/mol. The van der Waals surface area contributed by atoms with Crippen LogP contribution in [0.5, 0.6) is 0 Å². The van der Waals surface area contributed by atoms with Gasteiger partial charge in [-0.1, -0.05) is 22.8 Å². The first kappa shape index (κ1) is 14.1. The minimum absolute atomic E-state index is 0.0865. The summed E-state index contributed by atoms with van der Waals surface area (Å²) >= 11 is 7.23. The van der Waals surface area contributed by atoms with Crippen LogP contribution in [-0.2, 0) is 0 Å². The number of nitrogens with zero attached hydrogens (tertiary/aromatic N) is 1. The van der Waals surface area contributed by atoms with Gasteiger partial charge in [0.25, 0.3) is 0 Å². The Hall–Kier alpha value is -0.950. The van der Waals surface area contributed by atoms with Crippen molar-refractivity contribution in [3.8, 4) is 0 Å². The Morgan fingerprint density at radius 3 is 2.82 bits per heavy atom. The molecule has 1 unspecified atom stereocenters. The molecule has 0 radical (unpaired) electrons. The molecule has 1 aromatic rings. The Morgan fingerprint density at radius 1 is 1.53 bits per heavy atom. The van der Waals surface area contributed by atoms with Crippen molar-refractivity contribution in [2.24, 2.45) is 10.9 Å². The zero-order valence-electron chi connectivity index (χ0n) is 8.88. The molecule has 0 aliphatic rings. The van der Waals surface area contributed by atoms with E-state index in [1.807, 2.05) is 0 Å². The molecule has 0 saturated heterocycles. The number of thioether (sulfide) groups is 1. The molecule has 0 aliphatic carbocycles. The van der Waals surface area contributed by atoms with Crippen molar-refractivity contribution in [1.82, 2.24) is 0 Å². The maximum absolute atomic E-state index is 9.26. The standard InChI is InChI=1S/C10H13ClN2O3S/c11-7-2-1-3-8(9(7)10(12)13-16)17-5-6(15)4-14/h1-3,6,14-16H,4-5H2,(H2,12,13). The summed E-state index contributed by atoms with van der Waals surface area (Å²) in [5.74, 6) is 0.208. The van der Waals surface area contributed by atoms with Crippen LogP contribution in [-0.4, -0.2) is 39.7 Å². The minimum atomic E-state index is -0.820. The first-order valence-corrected chi connectivity index (χ1v) is 6.14. The van der Waals surface area contributed by atoms with E-state index in [1.54, 1.807) is 18.2 Å². The number of hydrogen-bond donors (Lipinski definition) is 4. The number of halogens is 1. The maximum atomic E-state index is 9.26. The lowest BCUT2D eigenvalue weighted by molar-refractivity contribution is 0.113. The van der Waals surface area contributed by atoms with Crippen LogP contribution in [0.15, 0.2) is 28.3 Å². The third-order valence-electron chi connectivity index (χ3n) is 1.98. The van der Waals surface area contributed by atoms with E-state index in [0.29, 0.717) is 21.2 Å². The van der Waals surface area contributed by atoms with Crippen molar-refractivity contribution in [2.45, 2.75) is 11.0 Å². The Morgan fingerprint density at radius 2 is 2.24 bits per heavy atom. The van der Waals surface area contributed by atoms with Crippen molar-refractivity contribution in [2.75, 3.05) is 12.4 Å². The van der Waals surface area contributed by atoms with E-state index in [0.717, 1.165) is 0 Å². The summed E-state index contributed by atoms with van der Waals surface area (Å²) in [6.45, 7) is -0.313. The molecular formula is C10H13ClN2O3S. The molecule has 0 amide bonds. The number of nitrogens with two attached hydrogens (primary N) is 1. The first-order chi connectivity index (χ1) is 8.10. The van der Waals surface area contributed by atoms with Gasteiger partial charge in [0, 0.05) is 10.6 Å². The van der Waals surface area contributed by atoms with Crippen molar-refractivity contribution < 1.29 is 15.4 Å². The zero-order valence-corrected chi connectivity index (χ0v) is 10.4. The number of amidine groups is 1. The molecule has 1 rings (SSSR count). The van der Waals surface area contributed by atoms with Gasteiger partial charge < -0.3 is 21.2 Å². The van der Waals surface area contributed by atoms with Gasteiger partial charge >= 0.3 is 0 Å². The number of oxime groups is 1. The van der Waals surface area contributed by atoms with Gasteiger partial charge in [0.05, 0.1) is 23.3 Å². The van der Waals surface area contributed by atoms with Crippen molar-refractivity contribution in [1.29, 1.82) is 0 Å². The Bertz CT molecular complexity index is 415. The van der Waals surface area contributed by atoms with Crippen LogP contribution in [0.25, 0.3) is 0 Å². The number of rotatable bonds is 5. The van der Waals surface area contributed by atoms with Gasteiger partial charge in [0.1, 0.15) is 0 Å². The summed E-state index contributed by atoms with van der Waals surface area (Å²) in [5, 5.41) is 29.9. The van der Waals surface area contributed by atoms with Crippen LogP contribution in [0.2, 0.25) is 5.02 Å². The molecule has 0 aliphatic heterocycles. The van der Waals surface area contributed by atoms with E-state index in [9.17, 15) is 5.11 Å². The molecule has 5 N–H and O–H groups in total. The zero-order chi connectivity index (χ0) is 12.8. The second-order valence-corrected chi connectivity index (χ2v) is 4.71. The second kappa shape index (κ2) is 6.70. The average Bonchev–Trinajstić information content (AvgIpc) is 2.35. The SMILES string of the molecule is NC(=NO)c1c(Cl)cccc1SCC(O)CO. The molecule has 5 nitrogen and oxygen atoms in total. The lowest BCUT2D eigenvalue weighted by Gasteiger charge is -2.11. The molecule has 17 heavy (non-hydrogen) atoms. The van der Waals surface area contributed by atoms with E-state index >= 15 is 0 Å². The molecule has 0 fully saturated rings. The average molecular weight is 277 g/mol. The minimum Gasteiger partial charge on any atom is -0.409 e. The number of benzene rings is 1. The van der Waals surface area contributed by atoms with Crippen molar-refractivity contribution >= 4 is 29.2 Å². The fourth-order valence-electron chi connectivity index (χ4n) is 1.16. The lowest BCUT2D eigenvalue weighted by Crippen LogP contribution is -2.17. The monoisotopic (exact) mass is 276 g/mol. The van der Waals surface area contributed by atoms with E-state index in [1.165, 1.54) is 11.8 Å². The van der Waals surface area contributed by atoms with Crippen LogP contribution < -0.4 is 5.73 Å². The highest BCUT2D eigenvalue weighted by atomic mass is 35.5. The fraction of sp³-hybridized carbons (Fsp3) is 0.300. The van der Waals surface area contributed by atoms with Gasteiger partial charge in [0.15, 0.2) is 5.84 Å². The van der Waals surface area contributed by atoms with Crippen LogP contribution >= 0.6 is 23.4 Å². The van der Waals surface area contributed by atoms with Crippen LogP contribution in [0.4, 0.5) is 0 Å². The number of aliphatic hydroxyl groups is 2. The summed E-state index contributed by atoms with van der Waals surface area (Å²) in [6, 6.07) is 5.10. The van der Waals surface area contributed by atoms with E-state index in [4.69, 9.17) is 27.6 Å². The van der Waals surface area contributed by atoms with Gasteiger partial charge in [-0.25, -0.2) is 0 Å². The summed E-state index contributed by atoms with van der Waals surface area (Å²) in [6.07, 6.45) is -0.820. The third-order valence-corrected chi connectivity index (χ3v) is 3.50. The van der Waals surface area contributed by atoms with Crippen LogP contribution in [0.3, 0.4) is 0 Å². The largest absolute Gasteiger partial charge is 0.409 e. The lowest BCUT2D eigenvalue weighted by atomic mass is 10.2. The Labute approximate surface area is 108 Å². The normalized spacial score (nSPS) is 13.7. The molecule has 1 aromatic carbocycles. The first-order valence-electron chi connectivity index (χ1n) is 4.78. The molecule has 0 spiro atoms. The predicted octanol–water partition coefficient (Wildman–Crippen LogP) is 0.880. The third kappa shape index (κ3) is 3.78. The summed E-state index contributed by atoms with van der Waals surface area (Å²) in [4.78, 5) is 0.681. The quantitative estimate of drug-likeness (QED) is 0.210. The van der Waals surface area contributed by atoms with Crippen LogP contribution in [0.1, 0.15) is 5.56 Å². The highest BCUT2D eigenvalue weighted by molar-refractivity contribution is 7.99. The van der Waals surface area contributed by atoms with E-state index in [-0.39, 0.29) is 12.4 Å². The number of hydrogen-bond acceptors (Lipinski definition) is 5. The fourth-order valence-corrected chi connectivity index (χ4v) is 2.50. The summed E-state index contributed by atoms with van der Waals surface area (Å²) in [5.41, 5.74) is 5.95. The molecule has 0 heterocycles. The smallest absolute Gasteiger partial charge is 0.172 e. The molecule has 0 bridgehead atoms. The van der Waals surface area contributed by atoms with Gasteiger partial charge in [-0.15, -0.1) is 11.8 Å². The van der Waals surface area contributed by atoms with Crippen LogP contribution in [0, 0.1) is 0 Å². The molecule has 7 heteroatoms. The van der Waals surface area contributed by atoms with Gasteiger partial charge in [-0.05, 0) is 12.1 Å². The highest BCUT2D eigenvalue weighted by Crippen LogP contribution is 2.28. The summed E-state index contributed by atoms with van der Waals surface area (Å²) < 4.78 is 0. The molecule has 94 valence electrons. The Balaban J connectivity index is 2.95. The second-order valence-electron chi connectivity index (χ2n) is 3.25. The van der Waals surface area contributed by atoms with E-state index in [2.05, 4.69) is 5.16 Å². The predicted molar refractivity (Wildman–Crippen MR) is 67.8 cm³/mol. The van der Waals surface area contributed by atoms with Gasteiger partial charge in [-0.3, -0.25) is 0 Å².